The summed E-state index contributed by atoms with van der Waals surface area (Å²) in [6, 6.07) is 9.87. The molecule has 1 aliphatic heterocycles. The monoisotopic (exact) mass is 188 g/mol. The SMILES string of the molecule is CC(=O)N1C=CCN1c1ccccc1. The average Bonchev–Trinajstić information content (AvgIpc) is 2.67. The molecule has 0 fully saturated rings. The molecule has 0 aliphatic carbocycles. The van der Waals surface area contributed by atoms with Crippen molar-refractivity contribution in [2.24, 2.45) is 0 Å². The van der Waals surface area contributed by atoms with Crippen LogP contribution in [0.25, 0.3) is 0 Å². The maximum absolute atomic E-state index is 11.3. The van der Waals surface area contributed by atoms with E-state index < -0.39 is 0 Å². The topological polar surface area (TPSA) is 23.6 Å². The van der Waals surface area contributed by atoms with E-state index in [0.717, 1.165) is 12.2 Å². The van der Waals surface area contributed by atoms with E-state index in [1.807, 2.05) is 41.4 Å². The van der Waals surface area contributed by atoms with Gasteiger partial charge in [0.05, 0.1) is 12.2 Å². The zero-order valence-corrected chi connectivity index (χ0v) is 8.05. The van der Waals surface area contributed by atoms with Crippen LogP contribution in [0.2, 0.25) is 0 Å². The molecule has 0 bridgehead atoms. The van der Waals surface area contributed by atoms with Crippen molar-refractivity contribution in [2.45, 2.75) is 6.92 Å². The maximum atomic E-state index is 11.3. The lowest BCUT2D eigenvalue weighted by atomic mass is 10.3. The number of hydrogen-bond acceptors (Lipinski definition) is 2. The van der Waals surface area contributed by atoms with E-state index in [9.17, 15) is 4.79 Å². The van der Waals surface area contributed by atoms with Crippen molar-refractivity contribution < 1.29 is 4.79 Å². The Labute approximate surface area is 83.2 Å². The largest absolute Gasteiger partial charge is 0.275 e. The van der Waals surface area contributed by atoms with Gasteiger partial charge in [-0.3, -0.25) is 9.80 Å². The van der Waals surface area contributed by atoms with Crippen molar-refractivity contribution in [2.75, 3.05) is 11.6 Å². The second-order valence-electron chi connectivity index (χ2n) is 3.17. The van der Waals surface area contributed by atoms with Crippen molar-refractivity contribution in [3.63, 3.8) is 0 Å². The maximum Gasteiger partial charge on any atom is 0.242 e. The lowest BCUT2D eigenvalue weighted by molar-refractivity contribution is -0.126. The van der Waals surface area contributed by atoms with Crippen LogP contribution in [0.15, 0.2) is 42.6 Å². The Bertz CT molecular complexity index is 359. The molecule has 0 saturated carbocycles. The second-order valence-corrected chi connectivity index (χ2v) is 3.17. The molecular weight excluding hydrogens is 176 g/mol. The third-order valence-electron chi connectivity index (χ3n) is 2.16. The van der Waals surface area contributed by atoms with E-state index in [4.69, 9.17) is 0 Å². The number of para-hydroxylation sites is 1. The normalized spacial score (nSPS) is 14.9. The zero-order valence-electron chi connectivity index (χ0n) is 8.05. The summed E-state index contributed by atoms with van der Waals surface area (Å²) >= 11 is 0. The Kier molecular flexibility index (Phi) is 2.23. The molecule has 72 valence electrons. The Balaban J connectivity index is 2.24. The molecule has 1 amide bonds. The minimum absolute atomic E-state index is 0.0302. The first-order valence-corrected chi connectivity index (χ1v) is 4.58. The molecule has 1 heterocycles. The van der Waals surface area contributed by atoms with Crippen molar-refractivity contribution in [3.8, 4) is 0 Å². The Morgan fingerprint density at radius 2 is 2.00 bits per heavy atom. The molecule has 2 rings (SSSR count). The van der Waals surface area contributed by atoms with Gasteiger partial charge in [-0.2, -0.15) is 0 Å². The van der Waals surface area contributed by atoms with Crippen molar-refractivity contribution in [1.29, 1.82) is 0 Å². The number of anilines is 1. The van der Waals surface area contributed by atoms with Gasteiger partial charge in [-0.15, -0.1) is 0 Å². The highest BCUT2D eigenvalue weighted by molar-refractivity contribution is 5.77. The number of hydrogen-bond donors (Lipinski definition) is 0. The summed E-state index contributed by atoms with van der Waals surface area (Å²) in [4.78, 5) is 11.3. The van der Waals surface area contributed by atoms with E-state index in [1.165, 1.54) is 0 Å². The average molecular weight is 188 g/mol. The molecule has 3 nitrogen and oxygen atoms in total. The van der Waals surface area contributed by atoms with Crippen LogP contribution in [-0.4, -0.2) is 17.5 Å². The van der Waals surface area contributed by atoms with Crippen molar-refractivity contribution in [1.82, 2.24) is 5.01 Å². The molecule has 0 unspecified atom stereocenters. The summed E-state index contributed by atoms with van der Waals surface area (Å²) in [6.45, 7) is 2.31. The van der Waals surface area contributed by atoms with Gasteiger partial charge < -0.3 is 0 Å². The molecule has 1 aromatic carbocycles. The predicted molar refractivity (Wildman–Crippen MR) is 55.4 cm³/mol. The van der Waals surface area contributed by atoms with Gasteiger partial charge in [-0.25, -0.2) is 5.01 Å². The van der Waals surface area contributed by atoms with Crippen LogP contribution in [0, 0.1) is 0 Å². The first-order valence-electron chi connectivity index (χ1n) is 4.58. The highest BCUT2D eigenvalue weighted by atomic mass is 16.2. The summed E-state index contributed by atoms with van der Waals surface area (Å²) in [7, 11) is 0. The third kappa shape index (κ3) is 1.48. The van der Waals surface area contributed by atoms with Gasteiger partial charge in [0, 0.05) is 13.1 Å². The number of benzene rings is 1. The van der Waals surface area contributed by atoms with Crippen LogP contribution in [0.5, 0.6) is 0 Å². The van der Waals surface area contributed by atoms with Gasteiger partial charge in [0.25, 0.3) is 0 Å². The minimum atomic E-state index is 0.0302. The van der Waals surface area contributed by atoms with Crippen LogP contribution in [0.3, 0.4) is 0 Å². The van der Waals surface area contributed by atoms with E-state index in [1.54, 1.807) is 18.1 Å². The van der Waals surface area contributed by atoms with E-state index >= 15 is 0 Å². The molecule has 14 heavy (non-hydrogen) atoms. The van der Waals surface area contributed by atoms with Crippen LogP contribution in [0.4, 0.5) is 5.69 Å². The lowest BCUT2D eigenvalue weighted by Gasteiger charge is -2.27. The van der Waals surface area contributed by atoms with Gasteiger partial charge in [0.15, 0.2) is 0 Å². The standard InChI is InChI=1S/C11H12N2O/c1-10(14)12-8-5-9-13(12)11-6-3-2-4-7-11/h2-8H,9H2,1H3. The third-order valence-corrected chi connectivity index (χ3v) is 2.16. The fraction of sp³-hybridized carbons (Fsp3) is 0.182. The fourth-order valence-electron chi connectivity index (χ4n) is 1.52. The molecule has 0 N–H and O–H groups in total. The van der Waals surface area contributed by atoms with Crippen LogP contribution in [0.1, 0.15) is 6.92 Å². The Morgan fingerprint density at radius 3 is 2.64 bits per heavy atom. The summed E-state index contributed by atoms with van der Waals surface area (Å²) in [5.41, 5.74) is 1.03. The number of carbonyl (C=O) groups is 1. The van der Waals surface area contributed by atoms with Crippen LogP contribution >= 0.6 is 0 Å². The predicted octanol–water partition coefficient (Wildman–Crippen LogP) is 1.78. The Hall–Kier alpha value is -1.77. The fourth-order valence-corrected chi connectivity index (χ4v) is 1.52. The van der Waals surface area contributed by atoms with Gasteiger partial charge in [0.2, 0.25) is 5.91 Å². The second kappa shape index (κ2) is 3.54. The van der Waals surface area contributed by atoms with Gasteiger partial charge >= 0.3 is 0 Å². The number of nitrogens with zero attached hydrogens (tertiary/aromatic N) is 2. The first-order chi connectivity index (χ1) is 6.79. The van der Waals surface area contributed by atoms with Gasteiger partial charge in [-0.05, 0) is 18.2 Å². The zero-order chi connectivity index (χ0) is 9.97. The molecule has 1 aromatic rings. The van der Waals surface area contributed by atoms with E-state index in [-0.39, 0.29) is 5.91 Å². The minimum Gasteiger partial charge on any atom is -0.275 e. The molecule has 0 saturated heterocycles. The van der Waals surface area contributed by atoms with Crippen LogP contribution < -0.4 is 5.01 Å². The van der Waals surface area contributed by atoms with E-state index in [0.29, 0.717) is 0 Å². The quantitative estimate of drug-likeness (QED) is 0.670. The van der Waals surface area contributed by atoms with Crippen LogP contribution in [-0.2, 0) is 4.79 Å². The number of amides is 1. The first kappa shape index (κ1) is 8.81. The summed E-state index contributed by atoms with van der Waals surface area (Å²) < 4.78 is 0. The molecule has 0 aromatic heterocycles. The van der Waals surface area contributed by atoms with E-state index in [2.05, 4.69) is 0 Å². The summed E-state index contributed by atoms with van der Waals surface area (Å²) in [5.74, 6) is 0.0302. The Morgan fingerprint density at radius 1 is 1.29 bits per heavy atom. The lowest BCUT2D eigenvalue weighted by Crippen LogP contribution is -2.38. The molecular formula is C11H12N2O. The van der Waals surface area contributed by atoms with Gasteiger partial charge in [-0.1, -0.05) is 18.2 Å². The molecule has 3 heteroatoms. The smallest absolute Gasteiger partial charge is 0.242 e. The number of rotatable bonds is 1. The summed E-state index contributed by atoms with van der Waals surface area (Å²) in [6.07, 6.45) is 3.77. The van der Waals surface area contributed by atoms with Crippen molar-refractivity contribution in [3.05, 3.63) is 42.6 Å². The molecule has 1 aliphatic rings. The number of hydrazine groups is 1. The number of carbonyl (C=O) groups excluding carboxylic acids is 1. The highest BCUT2D eigenvalue weighted by Crippen LogP contribution is 2.19. The molecule has 0 radical (unpaired) electrons. The molecule has 0 spiro atoms. The summed E-state index contributed by atoms with van der Waals surface area (Å²) in [5, 5.41) is 3.55. The molecule has 0 atom stereocenters. The van der Waals surface area contributed by atoms with Crippen molar-refractivity contribution >= 4 is 11.6 Å². The highest BCUT2D eigenvalue weighted by Gasteiger charge is 2.19. The van der Waals surface area contributed by atoms with Gasteiger partial charge in [0.1, 0.15) is 0 Å².